The van der Waals surface area contributed by atoms with Gasteiger partial charge in [0.05, 0.1) is 12.1 Å². The zero-order valence-electron chi connectivity index (χ0n) is 23.8. The number of carbonyl (C=O) groups is 2. The molecule has 3 aromatic carbocycles. The normalized spacial score (nSPS) is 18.8. The van der Waals surface area contributed by atoms with Crippen LogP contribution in [0.4, 0.5) is 0 Å². The van der Waals surface area contributed by atoms with Crippen LogP contribution in [0, 0.1) is 11.8 Å². The number of esters is 1. The second-order valence-electron chi connectivity index (χ2n) is 11.7. The monoisotopic (exact) mass is 606 g/mol. The molecule has 10 heteroatoms. The van der Waals surface area contributed by atoms with E-state index in [0.29, 0.717) is 5.56 Å². The number of H-pyrrole nitrogens is 1. The van der Waals surface area contributed by atoms with Crippen LogP contribution in [0.25, 0.3) is 11.2 Å². The summed E-state index contributed by atoms with van der Waals surface area (Å²) in [5.74, 6) is -2.30. The Labute approximate surface area is 254 Å². The van der Waals surface area contributed by atoms with E-state index in [1.54, 1.807) is 18.2 Å². The van der Waals surface area contributed by atoms with E-state index >= 15 is 0 Å². The number of hydrogen-bond acceptors (Lipinski definition) is 8. The van der Waals surface area contributed by atoms with Crippen molar-refractivity contribution >= 4 is 32.8 Å². The minimum absolute atomic E-state index is 0.120. The Morgan fingerprint density at radius 1 is 0.841 bits per heavy atom. The first kappa shape index (κ1) is 28.1. The number of fused-ring (bicyclic) bond motifs is 1. The topological polar surface area (TPSA) is 132 Å². The highest BCUT2D eigenvalue weighted by Gasteiger charge is 2.59. The number of ether oxygens (including phenoxy) is 1. The molecule has 5 aromatic rings. The molecule has 2 aromatic heterocycles. The van der Waals surface area contributed by atoms with Crippen molar-refractivity contribution in [3.05, 3.63) is 120 Å². The first-order valence-electron chi connectivity index (χ1n) is 14.6. The predicted octanol–water partition coefficient (Wildman–Crippen LogP) is 4.79. The summed E-state index contributed by atoms with van der Waals surface area (Å²) in [5.41, 5.74) is 2.33. The number of ketones is 1. The number of carbonyl (C=O) groups excluding carboxylic acids is 2. The van der Waals surface area contributed by atoms with Gasteiger partial charge in [-0.05, 0) is 41.0 Å². The molecular formula is C34H30N4O5S. The van der Waals surface area contributed by atoms with Gasteiger partial charge in [-0.15, -0.1) is 0 Å². The Morgan fingerprint density at radius 2 is 1.50 bits per heavy atom. The van der Waals surface area contributed by atoms with Crippen molar-refractivity contribution in [1.29, 1.82) is 0 Å². The van der Waals surface area contributed by atoms with Gasteiger partial charge in [0.2, 0.25) is 9.84 Å². The fourth-order valence-corrected chi connectivity index (χ4v) is 7.94. The molecule has 2 aliphatic rings. The van der Waals surface area contributed by atoms with Crippen LogP contribution in [-0.4, -0.2) is 45.7 Å². The quantitative estimate of drug-likeness (QED) is 0.136. The van der Waals surface area contributed by atoms with E-state index in [4.69, 9.17) is 4.74 Å². The van der Waals surface area contributed by atoms with Gasteiger partial charge >= 0.3 is 5.97 Å². The number of cyclic esters (lactones) is 1. The van der Waals surface area contributed by atoms with Gasteiger partial charge in [-0.25, -0.2) is 23.4 Å². The van der Waals surface area contributed by atoms with Gasteiger partial charge < -0.3 is 9.72 Å². The first-order valence-corrected chi connectivity index (χ1v) is 16.3. The van der Waals surface area contributed by atoms with Crippen LogP contribution >= 0.6 is 0 Å². The van der Waals surface area contributed by atoms with E-state index in [0.717, 1.165) is 29.5 Å². The number of hydrogen-bond donors (Lipinski definition) is 1. The molecule has 2 atom stereocenters. The Kier molecular flexibility index (Phi) is 7.08. The van der Waals surface area contributed by atoms with Crippen molar-refractivity contribution in [3.8, 4) is 0 Å². The van der Waals surface area contributed by atoms with E-state index in [9.17, 15) is 18.0 Å². The average molecular weight is 607 g/mol. The zero-order chi connectivity index (χ0) is 30.3. The van der Waals surface area contributed by atoms with Crippen LogP contribution in [0.5, 0.6) is 0 Å². The molecule has 9 nitrogen and oxygen atoms in total. The lowest BCUT2D eigenvalue weighted by atomic mass is 9.74. The van der Waals surface area contributed by atoms with Crippen molar-refractivity contribution < 1.29 is 22.7 Å². The molecule has 1 aliphatic carbocycles. The maximum atomic E-state index is 14.5. The Bertz CT molecular complexity index is 1910. The summed E-state index contributed by atoms with van der Waals surface area (Å²) in [7, 11) is -3.87. The largest absolute Gasteiger partial charge is 0.450 e. The number of aromatic amines is 1. The van der Waals surface area contributed by atoms with Crippen molar-refractivity contribution in [1.82, 2.24) is 19.9 Å². The van der Waals surface area contributed by atoms with Gasteiger partial charge in [-0.2, -0.15) is 0 Å². The van der Waals surface area contributed by atoms with Crippen molar-refractivity contribution in [2.24, 2.45) is 11.8 Å². The third-order valence-corrected chi connectivity index (χ3v) is 10.2. The number of Topliss-reactive ketones (excluding diaryl/α,β-unsaturated/α-hetero) is 1. The van der Waals surface area contributed by atoms with Crippen LogP contribution in [0.3, 0.4) is 0 Å². The number of aromatic nitrogens is 4. The fourth-order valence-electron chi connectivity index (χ4n) is 6.52. The highest BCUT2D eigenvalue weighted by atomic mass is 32.2. The van der Waals surface area contributed by atoms with Crippen molar-refractivity contribution in [3.63, 3.8) is 0 Å². The standard InChI is InChI=1S/C34H30N4O5S/c39-30-28(33(40)43-34(30,17-22-8-3-1-4-9-22)18-23-10-5-2-6-11-23)27(25-14-15-25)26-13-7-12-24(16-26)19-44(41,42)32-29-31(36-20-35-29)37-21-38-32/h1-13,16,20-21,25,27-28H,14-15,17-19H2,(H,35,36,37,38). The number of benzene rings is 3. The number of rotatable bonds is 10. The number of imidazole rings is 1. The zero-order valence-corrected chi connectivity index (χ0v) is 24.6. The molecule has 1 N–H and O–H groups in total. The van der Waals surface area contributed by atoms with Crippen molar-refractivity contribution in [2.75, 3.05) is 0 Å². The fraction of sp³-hybridized carbons (Fsp3) is 0.265. The summed E-state index contributed by atoms with van der Waals surface area (Å²) in [5, 5.41) is -0.120. The molecule has 222 valence electrons. The molecule has 1 saturated heterocycles. The van der Waals surface area contributed by atoms with Crippen molar-refractivity contribution in [2.45, 2.75) is 48.0 Å². The van der Waals surface area contributed by atoms with Crippen LogP contribution in [0.15, 0.2) is 103 Å². The molecule has 0 spiro atoms. The third kappa shape index (κ3) is 5.30. The molecule has 1 saturated carbocycles. The number of nitrogens with zero attached hydrogens (tertiary/aromatic N) is 3. The van der Waals surface area contributed by atoms with Gasteiger partial charge in [0.15, 0.2) is 22.1 Å². The van der Waals surface area contributed by atoms with E-state index in [1.807, 2.05) is 66.7 Å². The van der Waals surface area contributed by atoms with Gasteiger partial charge in [0, 0.05) is 18.8 Å². The Balaban J connectivity index is 1.22. The highest BCUT2D eigenvalue weighted by molar-refractivity contribution is 7.90. The predicted molar refractivity (Wildman–Crippen MR) is 162 cm³/mol. The van der Waals surface area contributed by atoms with Gasteiger partial charge in [-0.3, -0.25) is 9.59 Å². The molecule has 2 unspecified atom stereocenters. The summed E-state index contributed by atoms with van der Waals surface area (Å²) >= 11 is 0. The van der Waals surface area contributed by atoms with E-state index in [-0.39, 0.29) is 46.5 Å². The summed E-state index contributed by atoms with van der Waals surface area (Å²) < 4.78 is 33.1. The van der Waals surface area contributed by atoms with Gasteiger partial charge in [-0.1, -0.05) is 84.9 Å². The lowest BCUT2D eigenvalue weighted by Crippen LogP contribution is -2.43. The second kappa shape index (κ2) is 11.1. The maximum Gasteiger partial charge on any atom is 0.318 e. The molecule has 44 heavy (non-hydrogen) atoms. The molecule has 0 bridgehead atoms. The summed E-state index contributed by atoms with van der Waals surface area (Å²) in [6.07, 6.45) is 4.89. The Morgan fingerprint density at radius 3 is 2.16 bits per heavy atom. The molecule has 2 fully saturated rings. The third-order valence-electron chi connectivity index (χ3n) is 8.61. The van der Waals surface area contributed by atoms with Gasteiger partial charge in [0.25, 0.3) is 0 Å². The van der Waals surface area contributed by atoms with Crippen LogP contribution in [-0.2, 0) is 42.8 Å². The minimum Gasteiger partial charge on any atom is -0.450 e. The summed E-state index contributed by atoms with van der Waals surface area (Å²) in [4.78, 5) is 43.2. The summed E-state index contributed by atoms with van der Waals surface area (Å²) in [6, 6.07) is 26.5. The average Bonchev–Trinajstić information content (AvgIpc) is 3.68. The molecular weight excluding hydrogens is 576 g/mol. The van der Waals surface area contributed by atoms with Crippen LogP contribution < -0.4 is 0 Å². The lowest BCUT2D eigenvalue weighted by molar-refractivity contribution is -0.152. The van der Waals surface area contributed by atoms with Crippen LogP contribution in [0.2, 0.25) is 0 Å². The maximum absolute atomic E-state index is 14.5. The van der Waals surface area contributed by atoms with E-state index in [2.05, 4.69) is 19.9 Å². The van der Waals surface area contributed by atoms with E-state index in [1.165, 1.54) is 12.7 Å². The smallest absolute Gasteiger partial charge is 0.318 e. The second-order valence-corrected chi connectivity index (χ2v) is 13.6. The van der Waals surface area contributed by atoms with Gasteiger partial charge in [0.1, 0.15) is 17.8 Å². The Hall–Kier alpha value is -4.70. The number of nitrogens with one attached hydrogen (secondary N) is 1. The molecule has 1 aliphatic heterocycles. The molecule has 7 rings (SSSR count). The highest BCUT2D eigenvalue weighted by Crippen LogP contribution is 2.51. The molecule has 3 heterocycles. The SMILES string of the molecule is O=C1OC(Cc2ccccc2)(Cc2ccccc2)C(=O)C1C(c1cccc(CS(=O)(=O)c2ncnc3nc[nH]c23)c1)C1CC1. The van der Waals surface area contributed by atoms with E-state index < -0.39 is 33.2 Å². The number of sulfone groups is 1. The van der Waals surface area contributed by atoms with Crippen LogP contribution in [0.1, 0.15) is 41.0 Å². The molecule has 0 amide bonds. The first-order chi connectivity index (χ1) is 21.3. The lowest BCUT2D eigenvalue weighted by Gasteiger charge is -2.27. The minimum atomic E-state index is -3.87. The molecule has 0 radical (unpaired) electrons. The summed E-state index contributed by atoms with van der Waals surface area (Å²) in [6.45, 7) is 0.